The van der Waals surface area contributed by atoms with Crippen LogP contribution in [0.15, 0.2) is 23.1 Å². The molecule has 0 aliphatic carbocycles. The van der Waals surface area contributed by atoms with Crippen molar-refractivity contribution in [1.82, 2.24) is 10.2 Å². The summed E-state index contributed by atoms with van der Waals surface area (Å²) in [5.74, 6) is 1.18. The van der Waals surface area contributed by atoms with Crippen LogP contribution in [0.25, 0.3) is 0 Å². The molecule has 0 spiro atoms. The van der Waals surface area contributed by atoms with Crippen molar-refractivity contribution in [2.45, 2.75) is 10.9 Å². The highest BCUT2D eigenvalue weighted by Crippen LogP contribution is 2.33. The third-order valence-electron chi connectivity index (χ3n) is 3.46. The highest BCUT2D eigenvalue weighted by Gasteiger charge is 2.19. The number of rotatable bonds is 1. The lowest BCUT2D eigenvalue weighted by atomic mass is 10.0. The SMILES string of the molecule is CN1CCNC(c2ccc3c(c2)SCCN3)C1. The van der Waals surface area contributed by atoms with E-state index in [1.54, 1.807) is 0 Å². The van der Waals surface area contributed by atoms with Crippen LogP contribution < -0.4 is 10.6 Å². The molecule has 3 rings (SSSR count). The lowest BCUT2D eigenvalue weighted by molar-refractivity contribution is 0.241. The molecular formula is C13H19N3S. The van der Waals surface area contributed by atoms with E-state index < -0.39 is 0 Å². The topological polar surface area (TPSA) is 27.3 Å². The lowest BCUT2D eigenvalue weighted by Gasteiger charge is -2.31. The Morgan fingerprint density at radius 1 is 1.35 bits per heavy atom. The lowest BCUT2D eigenvalue weighted by Crippen LogP contribution is -2.43. The molecular weight excluding hydrogens is 230 g/mol. The molecule has 2 N–H and O–H groups in total. The number of piperazine rings is 1. The predicted octanol–water partition coefficient (Wildman–Crippen LogP) is 1.78. The van der Waals surface area contributed by atoms with Crippen LogP contribution in [-0.4, -0.2) is 43.9 Å². The first kappa shape index (κ1) is 11.4. The Kier molecular flexibility index (Phi) is 3.27. The van der Waals surface area contributed by atoms with Gasteiger partial charge in [-0.05, 0) is 24.7 Å². The second-order valence-corrected chi connectivity index (χ2v) is 5.94. The second kappa shape index (κ2) is 4.88. The molecule has 1 aromatic rings. The normalized spacial score (nSPS) is 25.1. The maximum atomic E-state index is 3.60. The molecule has 2 aliphatic rings. The Morgan fingerprint density at radius 2 is 2.29 bits per heavy atom. The van der Waals surface area contributed by atoms with Crippen LogP contribution in [0.1, 0.15) is 11.6 Å². The summed E-state index contributed by atoms with van der Waals surface area (Å²) in [6.45, 7) is 4.43. The zero-order chi connectivity index (χ0) is 11.7. The van der Waals surface area contributed by atoms with E-state index in [4.69, 9.17) is 0 Å². The number of nitrogens with zero attached hydrogens (tertiary/aromatic N) is 1. The van der Waals surface area contributed by atoms with Gasteiger partial charge in [-0.25, -0.2) is 0 Å². The molecule has 3 nitrogen and oxygen atoms in total. The minimum Gasteiger partial charge on any atom is -0.383 e. The molecule has 1 saturated heterocycles. The smallest absolute Gasteiger partial charge is 0.0478 e. The Morgan fingerprint density at radius 3 is 3.18 bits per heavy atom. The highest BCUT2D eigenvalue weighted by atomic mass is 32.2. The van der Waals surface area contributed by atoms with E-state index in [9.17, 15) is 0 Å². The van der Waals surface area contributed by atoms with Gasteiger partial charge in [-0.2, -0.15) is 0 Å². The maximum absolute atomic E-state index is 3.60. The molecule has 17 heavy (non-hydrogen) atoms. The van der Waals surface area contributed by atoms with Crippen LogP contribution in [0.4, 0.5) is 5.69 Å². The van der Waals surface area contributed by atoms with Crippen LogP contribution in [0.3, 0.4) is 0 Å². The summed E-state index contributed by atoms with van der Waals surface area (Å²) in [7, 11) is 2.20. The number of likely N-dealkylation sites (N-methyl/N-ethyl adjacent to an activating group) is 1. The molecule has 92 valence electrons. The number of anilines is 1. The standard InChI is InChI=1S/C13H19N3S/c1-16-6-4-14-12(9-16)10-2-3-11-13(8-10)17-7-5-15-11/h2-3,8,12,14-15H,4-7,9H2,1H3. The number of hydrogen-bond acceptors (Lipinski definition) is 4. The van der Waals surface area contributed by atoms with Crippen molar-refractivity contribution in [2.75, 3.05) is 44.3 Å². The molecule has 0 saturated carbocycles. The molecule has 1 fully saturated rings. The fraction of sp³-hybridized carbons (Fsp3) is 0.538. The fourth-order valence-electron chi connectivity index (χ4n) is 2.49. The third-order valence-corrected chi connectivity index (χ3v) is 4.52. The van der Waals surface area contributed by atoms with Crippen molar-refractivity contribution in [3.8, 4) is 0 Å². The summed E-state index contributed by atoms with van der Waals surface area (Å²) in [6.07, 6.45) is 0. The summed E-state index contributed by atoms with van der Waals surface area (Å²) in [4.78, 5) is 3.80. The summed E-state index contributed by atoms with van der Waals surface area (Å²) in [5, 5.41) is 7.05. The van der Waals surface area contributed by atoms with Gasteiger partial charge in [0.1, 0.15) is 0 Å². The number of nitrogens with one attached hydrogen (secondary N) is 2. The molecule has 4 heteroatoms. The van der Waals surface area contributed by atoms with Gasteiger partial charge in [-0.1, -0.05) is 6.07 Å². The van der Waals surface area contributed by atoms with Crippen LogP contribution >= 0.6 is 11.8 Å². The molecule has 1 aromatic carbocycles. The largest absolute Gasteiger partial charge is 0.383 e. The number of hydrogen-bond donors (Lipinski definition) is 2. The van der Waals surface area contributed by atoms with Gasteiger partial charge in [0.15, 0.2) is 0 Å². The van der Waals surface area contributed by atoms with Crippen LogP contribution in [0, 0.1) is 0 Å². The van der Waals surface area contributed by atoms with Crippen LogP contribution in [-0.2, 0) is 0 Å². The first-order chi connectivity index (χ1) is 8.33. The van der Waals surface area contributed by atoms with E-state index >= 15 is 0 Å². The Labute approximate surface area is 107 Å². The highest BCUT2D eigenvalue weighted by molar-refractivity contribution is 7.99. The van der Waals surface area contributed by atoms with Gasteiger partial charge in [0.05, 0.1) is 0 Å². The Balaban J connectivity index is 1.83. The molecule has 2 aliphatic heterocycles. The monoisotopic (exact) mass is 249 g/mol. The predicted molar refractivity (Wildman–Crippen MR) is 73.9 cm³/mol. The van der Waals surface area contributed by atoms with Crippen molar-refractivity contribution in [3.63, 3.8) is 0 Å². The van der Waals surface area contributed by atoms with Gasteiger partial charge in [0.25, 0.3) is 0 Å². The zero-order valence-electron chi connectivity index (χ0n) is 10.2. The summed E-state index contributed by atoms with van der Waals surface area (Å²) in [5.41, 5.74) is 2.72. The average Bonchev–Trinajstić information content (AvgIpc) is 2.38. The average molecular weight is 249 g/mol. The van der Waals surface area contributed by atoms with E-state index in [2.05, 4.69) is 40.8 Å². The van der Waals surface area contributed by atoms with Crippen LogP contribution in [0.5, 0.6) is 0 Å². The molecule has 0 bridgehead atoms. The molecule has 1 atom stereocenters. The van der Waals surface area contributed by atoms with Crippen molar-refractivity contribution in [1.29, 1.82) is 0 Å². The molecule has 0 radical (unpaired) electrons. The van der Waals surface area contributed by atoms with Crippen LogP contribution in [0.2, 0.25) is 0 Å². The minimum atomic E-state index is 0.488. The van der Waals surface area contributed by atoms with Gasteiger partial charge >= 0.3 is 0 Å². The maximum Gasteiger partial charge on any atom is 0.0478 e. The molecule has 2 heterocycles. The van der Waals surface area contributed by atoms with E-state index in [-0.39, 0.29) is 0 Å². The number of fused-ring (bicyclic) bond motifs is 1. The van der Waals surface area contributed by atoms with Gasteiger partial charge in [-0.3, -0.25) is 0 Å². The van der Waals surface area contributed by atoms with Gasteiger partial charge in [-0.15, -0.1) is 11.8 Å². The van der Waals surface area contributed by atoms with E-state index in [1.807, 2.05) is 11.8 Å². The van der Waals surface area contributed by atoms with Crippen molar-refractivity contribution >= 4 is 17.4 Å². The Hall–Kier alpha value is -0.710. The van der Waals surface area contributed by atoms with Gasteiger partial charge in [0.2, 0.25) is 0 Å². The second-order valence-electron chi connectivity index (χ2n) is 4.80. The van der Waals surface area contributed by atoms with E-state index in [0.29, 0.717) is 6.04 Å². The van der Waals surface area contributed by atoms with Gasteiger partial charge < -0.3 is 15.5 Å². The molecule has 0 aromatic heterocycles. The van der Waals surface area contributed by atoms with E-state index in [1.165, 1.54) is 21.9 Å². The Bertz CT molecular complexity index is 408. The minimum absolute atomic E-state index is 0.488. The number of thioether (sulfide) groups is 1. The van der Waals surface area contributed by atoms with Gasteiger partial charge in [0, 0.05) is 48.6 Å². The molecule has 1 unspecified atom stereocenters. The fourth-order valence-corrected chi connectivity index (χ4v) is 3.43. The van der Waals surface area contributed by atoms with Crippen molar-refractivity contribution in [2.24, 2.45) is 0 Å². The quantitative estimate of drug-likeness (QED) is 0.793. The van der Waals surface area contributed by atoms with Crippen molar-refractivity contribution in [3.05, 3.63) is 23.8 Å². The summed E-state index contributed by atoms with van der Waals surface area (Å²) >= 11 is 1.96. The third kappa shape index (κ3) is 2.44. The number of benzene rings is 1. The van der Waals surface area contributed by atoms with Crippen molar-refractivity contribution < 1.29 is 0 Å². The summed E-state index contributed by atoms with van der Waals surface area (Å²) < 4.78 is 0. The van der Waals surface area contributed by atoms with E-state index in [0.717, 1.165) is 26.2 Å². The molecule has 0 amide bonds. The first-order valence-electron chi connectivity index (χ1n) is 6.25. The zero-order valence-corrected chi connectivity index (χ0v) is 11.0. The summed E-state index contributed by atoms with van der Waals surface area (Å²) in [6, 6.07) is 7.33. The first-order valence-corrected chi connectivity index (χ1v) is 7.24.